The van der Waals surface area contributed by atoms with Crippen LogP contribution in [-0.4, -0.2) is 84.9 Å². The summed E-state index contributed by atoms with van der Waals surface area (Å²) in [6.07, 6.45) is 1.11. The average Bonchev–Trinajstić information content (AvgIpc) is 2.95. The zero-order valence-electron chi connectivity index (χ0n) is 23.3. The SMILES string of the molecule is CC(=O)N1CCN(C2CN(CCC(CNC(=O)c3cc(CC#N)cc4ccccc34)c3ccc(Cl)c(Cl)c3)C2)CC1. The molecule has 1 N–H and O–H groups in total. The number of carbonyl (C=O) groups excluding carboxylic acids is 2. The maximum Gasteiger partial charge on any atom is 0.251 e. The van der Waals surface area contributed by atoms with Gasteiger partial charge in [0.2, 0.25) is 5.91 Å². The molecule has 3 aromatic carbocycles. The van der Waals surface area contributed by atoms with Crippen LogP contribution in [0.4, 0.5) is 0 Å². The quantitative estimate of drug-likeness (QED) is 0.380. The number of piperazine rings is 1. The highest BCUT2D eigenvalue weighted by atomic mass is 35.5. The minimum Gasteiger partial charge on any atom is -0.351 e. The molecule has 1 unspecified atom stereocenters. The molecule has 3 aromatic rings. The summed E-state index contributed by atoms with van der Waals surface area (Å²) in [5, 5.41) is 15.2. The number of carbonyl (C=O) groups is 2. The average molecular weight is 593 g/mol. The number of fused-ring (bicyclic) bond motifs is 1. The highest BCUT2D eigenvalue weighted by Gasteiger charge is 2.34. The Morgan fingerprint density at radius 3 is 2.49 bits per heavy atom. The Morgan fingerprint density at radius 2 is 1.78 bits per heavy atom. The van der Waals surface area contributed by atoms with Crippen LogP contribution in [0.15, 0.2) is 54.6 Å². The van der Waals surface area contributed by atoms with E-state index in [2.05, 4.69) is 21.2 Å². The van der Waals surface area contributed by atoms with Gasteiger partial charge in [-0.3, -0.25) is 14.5 Å². The number of likely N-dealkylation sites (tertiary alicyclic amines) is 1. The number of hydrogen-bond donors (Lipinski definition) is 1. The predicted molar refractivity (Wildman–Crippen MR) is 163 cm³/mol. The van der Waals surface area contributed by atoms with Gasteiger partial charge in [-0.25, -0.2) is 0 Å². The number of nitriles is 1. The normalized spacial score (nSPS) is 17.2. The molecule has 0 aromatic heterocycles. The van der Waals surface area contributed by atoms with Crippen molar-refractivity contribution in [1.82, 2.24) is 20.0 Å². The second kappa shape index (κ2) is 13.2. The van der Waals surface area contributed by atoms with Crippen molar-refractivity contribution in [3.63, 3.8) is 0 Å². The van der Waals surface area contributed by atoms with Crippen molar-refractivity contribution >= 4 is 45.8 Å². The highest BCUT2D eigenvalue weighted by molar-refractivity contribution is 6.42. The molecule has 2 saturated heterocycles. The van der Waals surface area contributed by atoms with Gasteiger partial charge < -0.3 is 15.1 Å². The number of nitrogens with zero attached hydrogens (tertiary/aromatic N) is 4. The highest BCUT2D eigenvalue weighted by Crippen LogP contribution is 2.29. The monoisotopic (exact) mass is 591 g/mol. The molecule has 2 heterocycles. The molecule has 7 nitrogen and oxygen atoms in total. The summed E-state index contributed by atoms with van der Waals surface area (Å²) in [7, 11) is 0. The predicted octanol–water partition coefficient (Wildman–Crippen LogP) is 4.96. The van der Waals surface area contributed by atoms with Gasteiger partial charge in [0.15, 0.2) is 0 Å². The van der Waals surface area contributed by atoms with Crippen molar-refractivity contribution in [2.24, 2.45) is 0 Å². The Morgan fingerprint density at radius 1 is 1.02 bits per heavy atom. The lowest BCUT2D eigenvalue weighted by Gasteiger charge is -2.48. The fourth-order valence-corrected chi connectivity index (χ4v) is 6.22. The maximum atomic E-state index is 13.5. The lowest BCUT2D eigenvalue weighted by atomic mass is 9.93. The molecular weight excluding hydrogens is 557 g/mol. The Balaban J connectivity index is 1.23. The maximum absolute atomic E-state index is 13.5. The third-order valence-electron chi connectivity index (χ3n) is 8.38. The number of rotatable bonds is 9. The third-order valence-corrected chi connectivity index (χ3v) is 9.12. The lowest BCUT2D eigenvalue weighted by Crippen LogP contribution is -2.63. The van der Waals surface area contributed by atoms with E-state index >= 15 is 0 Å². The van der Waals surface area contributed by atoms with Crippen LogP contribution in [0.5, 0.6) is 0 Å². The number of benzene rings is 3. The summed E-state index contributed by atoms with van der Waals surface area (Å²) in [4.78, 5) is 32.0. The van der Waals surface area contributed by atoms with Gasteiger partial charge in [-0.2, -0.15) is 5.26 Å². The van der Waals surface area contributed by atoms with Crippen molar-refractivity contribution in [2.75, 3.05) is 52.4 Å². The van der Waals surface area contributed by atoms with Crippen molar-refractivity contribution in [1.29, 1.82) is 5.26 Å². The summed E-state index contributed by atoms with van der Waals surface area (Å²) in [5.41, 5.74) is 2.45. The Labute approximate surface area is 251 Å². The number of hydrogen-bond acceptors (Lipinski definition) is 5. The van der Waals surface area contributed by atoms with Gasteiger partial charge in [-0.05, 0) is 53.1 Å². The van der Waals surface area contributed by atoms with Crippen LogP contribution in [0.3, 0.4) is 0 Å². The van der Waals surface area contributed by atoms with Crippen LogP contribution in [-0.2, 0) is 11.2 Å². The molecule has 1 atom stereocenters. The molecular formula is C32H35Cl2N5O2. The summed E-state index contributed by atoms with van der Waals surface area (Å²) in [5.74, 6) is 0.0589. The van der Waals surface area contributed by atoms with Gasteiger partial charge in [0, 0.05) is 70.3 Å². The summed E-state index contributed by atoms with van der Waals surface area (Å²) in [6, 6.07) is 20.0. The zero-order valence-corrected chi connectivity index (χ0v) is 24.8. The van der Waals surface area contributed by atoms with Crippen molar-refractivity contribution in [2.45, 2.75) is 31.7 Å². The van der Waals surface area contributed by atoms with E-state index in [9.17, 15) is 14.9 Å². The van der Waals surface area contributed by atoms with E-state index in [0.29, 0.717) is 28.2 Å². The van der Waals surface area contributed by atoms with Crippen LogP contribution >= 0.6 is 23.2 Å². The molecule has 2 amide bonds. The van der Waals surface area contributed by atoms with Gasteiger partial charge in [-0.1, -0.05) is 59.6 Å². The van der Waals surface area contributed by atoms with Gasteiger partial charge >= 0.3 is 0 Å². The van der Waals surface area contributed by atoms with Gasteiger partial charge in [0.05, 0.1) is 22.5 Å². The number of amides is 2. The van der Waals surface area contributed by atoms with Crippen molar-refractivity contribution in [3.8, 4) is 6.07 Å². The zero-order chi connectivity index (χ0) is 28.9. The molecule has 2 aliphatic heterocycles. The Hall–Kier alpha value is -3.15. The molecule has 5 rings (SSSR count). The molecule has 0 bridgehead atoms. The topological polar surface area (TPSA) is 79.7 Å². The van der Waals surface area contributed by atoms with Crippen molar-refractivity contribution < 1.29 is 9.59 Å². The van der Waals surface area contributed by atoms with Gasteiger partial charge in [0.25, 0.3) is 5.91 Å². The molecule has 214 valence electrons. The van der Waals surface area contributed by atoms with E-state index in [1.165, 1.54) is 0 Å². The minimum atomic E-state index is -0.153. The first-order chi connectivity index (χ1) is 19.8. The largest absolute Gasteiger partial charge is 0.351 e. The van der Waals surface area contributed by atoms with E-state index in [1.54, 1.807) is 6.92 Å². The lowest BCUT2D eigenvalue weighted by molar-refractivity contribution is -0.131. The smallest absolute Gasteiger partial charge is 0.251 e. The molecule has 0 aliphatic carbocycles. The van der Waals surface area contributed by atoms with Crippen LogP contribution in [0.2, 0.25) is 10.0 Å². The summed E-state index contributed by atoms with van der Waals surface area (Å²) >= 11 is 12.6. The molecule has 2 aliphatic rings. The van der Waals surface area contributed by atoms with Gasteiger partial charge in [0.1, 0.15) is 0 Å². The van der Waals surface area contributed by atoms with Crippen LogP contribution < -0.4 is 5.32 Å². The summed E-state index contributed by atoms with van der Waals surface area (Å²) < 4.78 is 0. The second-order valence-electron chi connectivity index (χ2n) is 11.0. The molecule has 2 fully saturated rings. The number of halogens is 2. The summed E-state index contributed by atoms with van der Waals surface area (Å²) in [6.45, 7) is 8.50. The Kier molecular flexibility index (Phi) is 9.46. The molecule has 41 heavy (non-hydrogen) atoms. The fourth-order valence-electron chi connectivity index (χ4n) is 5.91. The molecule has 9 heteroatoms. The third kappa shape index (κ3) is 7.02. The Bertz CT molecular complexity index is 1460. The molecule has 0 saturated carbocycles. The van der Waals surface area contributed by atoms with E-state index < -0.39 is 0 Å². The van der Waals surface area contributed by atoms with Crippen LogP contribution in [0, 0.1) is 11.3 Å². The molecule has 0 spiro atoms. The van der Waals surface area contributed by atoms with Crippen LogP contribution in [0.25, 0.3) is 10.8 Å². The standard InChI is InChI=1S/C32H35Cl2N5O2/c1-22(40)38-12-14-39(15-13-38)27-20-37(21-27)11-9-26(24-6-7-30(33)31(34)18-24)19-36-32(41)29-17-23(8-10-35)16-25-4-2-3-5-28(25)29/h2-7,16-18,26-27H,8-9,11-15,19-21H2,1H3,(H,36,41). The van der Waals surface area contributed by atoms with E-state index in [0.717, 1.165) is 74.1 Å². The first-order valence-corrected chi connectivity index (χ1v) is 14.9. The first kappa shape index (κ1) is 29.3. The minimum absolute atomic E-state index is 0.0560. The van der Waals surface area contributed by atoms with E-state index in [4.69, 9.17) is 23.2 Å². The van der Waals surface area contributed by atoms with E-state index in [1.807, 2.05) is 59.5 Å². The second-order valence-corrected chi connectivity index (χ2v) is 11.8. The van der Waals surface area contributed by atoms with Gasteiger partial charge in [-0.15, -0.1) is 0 Å². The van der Waals surface area contributed by atoms with Crippen molar-refractivity contribution in [3.05, 3.63) is 81.3 Å². The molecule has 0 radical (unpaired) electrons. The van der Waals surface area contributed by atoms with Crippen LogP contribution in [0.1, 0.15) is 40.7 Å². The van der Waals surface area contributed by atoms with E-state index in [-0.39, 0.29) is 24.2 Å². The number of nitrogens with one attached hydrogen (secondary N) is 1. The first-order valence-electron chi connectivity index (χ1n) is 14.2. The fraction of sp³-hybridized carbons (Fsp3) is 0.406.